The van der Waals surface area contributed by atoms with Crippen LogP contribution in [0.5, 0.6) is 5.75 Å². The zero-order chi connectivity index (χ0) is 19.4. The summed E-state index contributed by atoms with van der Waals surface area (Å²) in [5, 5.41) is 3.22. The summed E-state index contributed by atoms with van der Waals surface area (Å²) in [6, 6.07) is 11.4. The van der Waals surface area contributed by atoms with E-state index in [2.05, 4.69) is 4.98 Å². The molecule has 0 unspecified atom stereocenters. The highest BCUT2D eigenvalue weighted by Crippen LogP contribution is 2.22. The molecule has 8 heteroatoms. The smallest absolute Gasteiger partial charge is 0.273 e. The van der Waals surface area contributed by atoms with Gasteiger partial charge in [-0.05, 0) is 36.4 Å². The lowest BCUT2D eigenvalue weighted by Crippen LogP contribution is -2.27. The molecule has 27 heavy (non-hydrogen) atoms. The predicted molar refractivity (Wildman–Crippen MR) is 105 cm³/mol. The zero-order valence-corrected chi connectivity index (χ0v) is 16.6. The molecule has 0 fully saturated rings. The van der Waals surface area contributed by atoms with Crippen molar-refractivity contribution in [3.8, 4) is 5.75 Å². The third kappa shape index (κ3) is 4.97. The monoisotopic (exact) mass is 424 g/mol. The number of rotatable bonds is 6. The number of thiazole rings is 1. The van der Waals surface area contributed by atoms with Gasteiger partial charge >= 0.3 is 0 Å². The van der Waals surface area contributed by atoms with Crippen molar-refractivity contribution < 1.29 is 13.9 Å². The molecule has 3 aromatic rings. The van der Waals surface area contributed by atoms with E-state index in [1.54, 1.807) is 42.8 Å². The quantitative estimate of drug-likeness (QED) is 0.528. The molecule has 0 aliphatic rings. The maximum Gasteiger partial charge on any atom is 0.273 e. The van der Waals surface area contributed by atoms with E-state index in [1.807, 2.05) is 0 Å². The number of aromatic nitrogens is 1. The van der Waals surface area contributed by atoms with Crippen molar-refractivity contribution in [3.05, 3.63) is 80.0 Å². The Kier molecular flexibility index (Phi) is 6.31. The van der Waals surface area contributed by atoms with Crippen molar-refractivity contribution in [1.82, 2.24) is 9.88 Å². The van der Waals surface area contributed by atoms with Gasteiger partial charge in [0.15, 0.2) is 0 Å². The molecule has 2 aromatic carbocycles. The lowest BCUT2D eigenvalue weighted by Gasteiger charge is -2.17. The molecule has 0 aliphatic heterocycles. The van der Waals surface area contributed by atoms with E-state index < -0.39 is 5.82 Å². The molecule has 0 saturated carbocycles. The Morgan fingerprint density at radius 3 is 2.67 bits per heavy atom. The molecule has 0 radical (unpaired) electrons. The summed E-state index contributed by atoms with van der Waals surface area (Å²) in [5.41, 5.74) is 0.557. The average Bonchev–Trinajstić information content (AvgIpc) is 3.12. The first-order valence-corrected chi connectivity index (χ1v) is 9.58. The Labute approximate surface area is 170 Å². The van der Waals surface area contributed by atoms with E-state index >= 15 is 0 Å². The minimum absolute atomic E-state index is 0.0540. The Hall–Kier alpha value is -2.15. The van der Waals surface area contributed by atoms with E-state index in [-0.39, 0.29) is 35.3 Å². The lowest BCUT2D eigenvalue weighted by molar-refractivity contribution is 0.0778. The Morgan fingerprint density at radius 2 is 1.96 bits per heavy atom. The van der Waals surface area contributed by atoms with Crippen LogP contribution >= 0.6 is 34.5 Å². The van der Waals surface area contributed by atoms with Crippen molar-refractivity contribution in [2.24, 2.45) is 0 Å². The summed E-state index contributed by atoms with van der Waals surface area (Å²) in [6.07, 6.45) is 0. The van der Waals surface area contributed by atoms with Gasteiger partial charge in [-0.2, -0.15) is 0 Å². The highest BCUT2D eigenvalue weighted by molar-refractivity contribution is 7.09. The minimum Gasteiger partial charge on any atom is -0.486 e. The second kappa shape index (κ2) is 8.69. The lowest BCUT2D eigenvalue weighted by atomic mass is 10.2. The Morgan fingerprint density at radius 1 is 1.22 bits per heavy atom. The molecule has 0 atom stereocenters. The number of nitrogens with zero attached hydrogens (tertiary/aromatic N) is 2. The molecular formula is C19H15Cl2FN2O2S. The normalized spacial score (nSPS) is 10.7. The average molecular weight is 425 g/mol. The first-order chi connectivity index (χ1) is 12.9. The number of ether oxygens (including phenoxy) is 1. The first kappa shape index (κ1) is 19.6. The van der Waals surface area contributed by atoms with Crippen LogP contribution in [0.1, 0.15) is 21.1 Å². The fourth-order valence-corrected chi connectivity index (χ4v) is 3.37. The van der Waals surface area contributed by atoms with Crippen LogP contribution in [0.3, 0.4) is 0 Å². The molecular weight excluding hydrogens is 410 g/mol. The van der Waals surface area contributed by atoms with Crippen molar-refractivity contribution in [1.29, 1.82) is 0 Å². The highest BCUT2D eigenvalue weighted by Gasteiger charge is 2.18. The van der Waals surface area contributed by atoms with Gasteiger partial charge in [-0.15, -0.1) is 11.3 Å². The minimum atomic E-state index is -0.447. The van der Waals surface area contributed by atoms with Crippen LogP contribution in [0, 0.1) is 5.82 Å². The molecule has 1 amide bonds. The summed E-state index contributed by atoms with van der Waals surface area (Å²) in [7, 11) is 1.58. The predicted octanol–water partition coefficient (Wildman–Crippen LogP) is 5.44. The summed E-state index contributed by atoms with van der Waals surface area (Å²) < 4.78 is 19.5. The molecule has 1 aromatic heterocycles. The van der Waals surface area contributed by atoms with Gasteiger partial charge in [-0.25, -0.2) is 9.37 Å². The van der Waals surface area contributed by atoms with Crippen LogP contribution in [0.4, 0.5) is 4.39 Å². The SMILES string of the molecule is CN(Cc1c(F)cccc1Cl)C(=O)c1csc(COc2ccc(Cl)cc2)n1. The number of halogens is 3. The van der Waals surface area contributed by atoms with Crippen LogP contribution < -0.4 is 4.74 Å². The van der Waals surface area contributed by atoms with Gasteiger partial charge < -0.3 is 9.64 Å². The van der Waals surface area contributed by atoms with E-state index in [4.69, 9.17) is 27.9 Å². The van der Waals surface area contributed by atoms with Crippen molar-refractivity contribution in [3.63, 3.8) is 0 Å². The number of carbonyl (C=O) groups excluding carboxylic acids is 1. The van der Waals surface area contributed by atoms with Gasteiger partial charge in [-0.3, -0.25) is 4.79 Å². The van der Waals surface area contributed by atoms with Gasteiger partial charge in [0.05, 0.1) is 6.54 Å². The summed E-state index contributed by atoms with van der Waals surface area (Å²) in [6.45, 7) is 0.293. The van der Waals surface area contributed by atoms with E-state index in [0.717, 1.165) is 0 Å². The second-order valence-corrected chi connectivity index (χ2v) is 7.52. The standard InChI is InChI=1S/C19H15Cl2FN2O2S/c1-24(9-14-15(21)3-2-4-16(14)22)19(25)17-11-27-18(23-17)10-26-13-7-5-12(20)6-8-13/h2-8,11H,9-10H2,1H3. The number of hydrogen-bond acceptors (Lipinski definition) is 4. The van der Waals surface area contributed by atoms with E-state index in [1.165, 1.54) is 28.4 Å². The van der Waals surface area contributed by atoms with Crippen LogP contribution in [0.25, 0.3) is 0 Å². The topological polar surface area (TPSA) is 42.4 Å². The van der Waals surface area contributed by atoms with E-state index in [9.17, 15) is 9.18 Å². The van der Waals surface area contributed by atoms with Gasteiger partial charge in [-0.1, -0.05) is 29.3 Å². The van der Waals surface area contributed by atoms with Gasteiger partial charge in [0.1, 0.15) is 28.9 Å². The first-order valence-electron chi connectivity index (χ1n) is 7.95. The van der Waals surface area contributed by atoms with Crippen LogP contribution in [0.15, 0.2) is 47.8 Å². The van der Waals surface area contributed by atoms with Gasteiger partial charge in [0, 0.05) is 28.0 Å². The summed E-state index contributed by atoms with van der Waals surface area (Å²) in [5.74, 6) is -0.102. The Bertz CT molecular complexity index is 927. The molecule has 140 valence electrons. The number of amides is 1. The van der Waals surface area contributed by atoms with E-state index in [0.29, 0.717) is 15.8 Å². The van der Waals surface area contributed by atoms with Gasteiger partial charge in [0.2, 0.25) is 0 Å². The van der Waals surface area contributed by atoms with Crippen molar-refractivity contribution >= 4 is 40.4 Å². The van der Waals surface area contributed by atoms with Crippen LogP contribution in [-0.2, 0) is 13.2 Å². The second-order valence-electron chi connectivity index (χ2n) is 5.73. The number of carbonyl (C=O) groups is 1. The molecule has 4 nitrogen and oxygen atoms in total. The molecule has 0 bridgehead atoms. The summed E-state index contributed by atoms with van der Waals surface area (Å²) in [4.78, 5) is 18.2. The highest BCUT2D eigenvalue weighted by atomic mass is 35.5. The summed E-state index contributed by atoms with van der Waals surface area (Å²) >= 11 is 13.2. The molecule has 0 saturated heterocycles. The third-order valence-electron chi connectivity index (χ3n) is 3.75. The maximum absolute atomic E-state index is 13.9. The van der Waals surface area contributed by atoms with Crippen LogP contribution in [0.2, 0.25) is 10.0 Å². The molecule has 0 aliphatic carbocycles. The maximum atomic E-state index is 13.9. The fraction of sp³-hybridized carbons (Fsp3) is 0.158. The molecule has 1 heterocycles. The molecule has 0 N–H and O–H groups in total. The van der Waals surface area contributed by atoms with Gasteiger partial charge in [0.25, 0.3) is 5.91 Å². The zero-order valence-electron chi connectivity index (χ0n) is 14.3. The largest absolute Gasteiger partial charge is 0.486 e. The van der Waals surface area contributed by atoms with Crippen LogP contribution in [-0.4, -0.2) is 22.8 Å². The van der Waals surface area contributed by atoms with Crippen molar-refractivity contribution in [2.45, 2.75) is 13.2 Å². The van der Waals surface area contributed by atoms with Crippen molar-refractivity contribution in [2.75, 3.05) is 7.05 Å². The molecule has 3 rings (SSSR count). The molecule has 0 spiro atoms. The Balaban J connectivity index is 1.63. The number of hydrogen-bond donors (Lipinski definition) is 0. The fourth-order valence-electron chi connectivity index (χ4n) is 2.34. The third-order valence-corrected chi connectivity index (χ3v) is 5.18. The number of benzene rings is 2.